The number of aliphatic hydroxyl groups excluding tert-OH is 1. The van der Waals surface area contributed by atoms with E-state index >= 15 is 0 Å². The number of para-hydroxylation sites is 1. The summed E-state index contributed by atoms with van der Waals surface area (Å²) in [5.41, 5.74) is 7.59. The lowest BCUT2D eigenvalue weighted by Crippen LogP contribution is -2.57. The van der Waals surface area contributed by atoms with Gasteiger partial charge in [-0.3, -0.25) is 14.5 Å². The molecule has 15 heteroatoms. The second-order valence-electron chi connectivity index (χ2n) is 13.4. The third-order valence-electron chi connectivity index (χ3n) is 8.61. The Morgan fingerprint density at radius 1 is 1.04 bits per heavy atom. The van der Waals surface area contributed by atoms with E-state index in [9.17, 15) is 27.9 Å². The van der Waals surface area contributed by atoms with E-state index in [0.717, 1.165) is 20.7 Å². The molecule has 1 aromatic heterocycles. The molecule has 3 atom stereocenters. The van der Waals surface area contributed by atoms with Gasteiger partial charge < -0.3 is 21.1 Å². The van der Waals surface area contributed by atoms with E-state index in [0.29, 0.717) is 5.01 Å². The number of imide groups is 1. The van der Waals surface area contributed by atoms with Gasteiger partial charge in [0.25, 0.3) is 5.91 Å². The predicted octanol–water partition coefficient (Wildman–Crippen LogP) is 4.76. The van der Waals surface area contributed by atoms with Crippen LogP contribution in [0.2, 0.25) is 5.02 Å². The van der Waals surface area contributed by atoms with Gasteiger partial charge >= 0.3 is 6.03 Å². The van der Waals surface area contributed by atoms with Crippen molar-refractivity contribution in [1.29, 1.82) is 0 Å². The Labute approximate surface area is 307 Å². The molecule has 5 rings (SSSR count). The summed E-state index contributed by atoms with van der Waals surface area (Å²) in [6.07, 6.45) is -1.20. The van der Waals surface area contributed by atoms with Crippen LogP contribution in [0.5, 0.6) is 0 Å². The van der Waals surface area contributed by atoms with Crippen LogP contribution in [0.25, 0.3) is 10.2 Å². The summed E-state index contributed by atoms with van der Waals surface area (Å²) in [4.78, 5) is 47.9. The second-order valence-corrected chi connectivity index (χ2v) is 16.9. The fourth-order valence-electron chi connectivity index (χ4n) is 6.13. The Hall–Kier alpha value is -4.08. The molecule has 0 aliphatic carbocycles. The van der Waals surface area contributed by atoms with Gasteiger partial charge in [-0.05, 0) is 54.2 Å². The Kier molecular flexibility index (Phi) is 12.0. The first kappa shape index (κ1) is 38.2. The quantitative estimate of drug-likeness (QED) is 0.116. The lowest BCUT2D eigenvalue weighted by atomic mass is 9.97. The number of hydrogen-bond donors (Lipinski definition) is 3. The number of aliphatic hydroxyl groups is 1. The van der Waals surface area contributed by atoms with E-state index in [1.165, 1.54) is 38.7 Å². The summed E-state index contributed by atoms with van der Waals surface area (Å²) < 4.78 is 29.8. The van der Waals surface area contributed by atoms with Gasteiger partial charge in [0.05, 0.1) is 44.5 Å². The van der Waals surface area contributed by atoms with Gasteiger partial charge in [-0.25, -0.2) is 18.2 Å². The summed E-state index contributed by atoms with van der Waals surface area (Å²) in [5.74, 6) is -1.53. The number of carbonyl (C=O) groups is 3. The van der Waals surface area contributed by atoms with E-state index in [4.69, 9.17) is 17.3 Å². The summed E-state index contributed by atoms with van der Waals surface area (Å²) in [6.45, 7) is 6.68. The molecule has 12 nitrogen and oxygen atoms in total. The molecule has 4 amide bonds. The minimum atomic E-state index is -4.14. The molecular weight excluding hydrogens is 712 g/mol. The number of hydrogen-bond acceptors (Lipinski definition) is 9. The molecule has 272 valence electrons. The zero-order valence-corrected chi connectivity index (χ0v) is 31.3. The fourth-order valence-corrected chi connectivity index (χ4v) is 8.86. The van der Waals surface area contributed by atoms with Crippen LogP contribution in [0.4, 0.5) is 10.5 Å². The van der Waals surface area contributed by atoms with Gasteiger partial charge in [-0.2, -0.15) is 4.31 Å². The minimum absolute atomic E-state index is 0.0191. The van der Waals surface area contributed by atoms with Crippen LogP contribution < -0.4 is 11.1 Å². The topological polar surface area (TPSA) is 166 Å². The van der Waals surface area contributed by atoms with Crippen LogP contribution in [-0.2, 0) is 32.6 Å². The fraction of sp³-hybridized carbons (Fsp3) is 0.389. The molecule has 0 saturated carbocycles. The molecule has 1 fully saturated rings. The number of thiazole rings is 1. The standard InChI is InChI=1S/C36H43ClN6O6S2/c1-22(2)18-41(51(48,49)25-14-15-26(37)27(38)17-25)19-30(44)29(16-24-10-6-5-7-11-24)40-35(46)34(23(3)4)43-21-33(45)42(36(43)47)20-32-39-28-12-8-9-13-31(28)50-32/h5-15,17,22-23,29-30,34,44H,16,18-21,38H2,1-4H3,(H,40,46)/t29-,30-,34?/m0/s1. The molecule has 3 aromatic carbocycles. The molecule has 1 aliphatic heterocycles. The highest BCUT2D eigenvalue weighted by Crippen LogP contribution is 2.28. The number of nitrogens with zero attached hydrogens (tertiary/aromatic N) is 4. The summed E-state index contributed by atoms with van der Waals surface area (Å²) in [6, 6.07) is 18.1. The third-order valence-corrected chi connectivity index (χ3v) is 11.8. The van der Waals surface area contributed by atoms with Crippen molar-refractivity contribution >= 4 is 66.7 Å². The van der Waals surface area contributed by atoms with Crippen LogP contribution in [-0.4, -0.2) is 88.3 Å². The monoisotopic (exact) mass is 754 g/mol. The third kappa shape index (κ3) is 8.87. The Morgan fingerprint density at radius 3 is 2.37 bits per heavy atom. The van der Waals surface area contributed by atoms with E-state index in [2.05, 4.69) is 10.3 Å². The number of amides is 4. The van der Waals surface area contributed by atoms with Crippen molar-refractivity contribution in [3.63, 3.8) is 0 Å². The van der Waals surface area contributed by atoms with Crippen molar-refractivity contribution in [3.05, 3.63) is 88.4 Å². The second kappa shape index (κ2) is 16.1. The number of urea groups is 1. The average molecular weight is 755 g/mol. The number of fused-ring (bicyclic) bond motifs is 1. The van der Waals surface area contributed by atoms with Gasteiger partial charge in [-0.1, -0.05) is 81.8 Å². The Bertz CT molecular complexity index is 1960. The van der Waals surface area contributed by atoms with Crippen molar-refractivity contribution in [2.24, 2.45) is 11.8 Å². The minimum Gasteiger partial charge on any atom is -0.397 e. The van der Waals surface area contributed by atoms with Crippen molar-refractivity contribution < 1.29 is 27.9 Å². The highest BCUT2D eigenvalue weighted by atomic mass is 35.5. The molecule has 1 saturated heterocycles. The molecule has 0 spiro atoms. The van der Waals surface area contributed by atoms with Crippen molar-refractivity contribution in [2.75, 3.05) is 25.4 Å². The van der Waals surface area contributed by atoms with Crippen molar-refractivity contribution in [3.8, 4) is 0 Å². The van der Waals surface area contributed by atoms with Crippen LogP contribution in [0, 0.1) is 11.8 Å². The smallest absolute Gasteiger partial charge is 0.328 e. The number of benzene rings is 3. The lowest BCUT2D eigenvalue weighted by molar-refractivity contribution is -0.129. The van der Waals surface area contributed by atoms with Gasteiger partial charge in [0, 0.05) is 13.1 Å². The maximum Gasteiger partial charge on any atom is 0.328 e. The number of carbonyl (C=O) groups excluding carboxylic acids is 3. The van der Waals surface area contributed by atoms with Crippen molar-refractivity contribution in [2.45, 2.75) is 63.7 Å². The SMILES string of the molecule is CC(C)CN(C[C@H](O)[C@H](Cc1ccccc1)NC(=O)C(C(C)C)N1CC(=O)N(Cc2nc3ccccc3s2)C1=O)S(=O)(=O)c1ccc(Cl)c(N)c1. The van der Waals surface area contributed by atoms with Gasteiger partial charge in [0.2, 0.25) is 15.9 Å². The zero-order chi connectivity index (χ0) is 37.0. The van der Waals surface area contributed by atoms with Crippen LogP contribution in [0.15, 0.2) is 77.7 Å². The average Bonchev–Trinajstić information content (AvgIpc) is 3.61. The zero-order valence-electron chi connectivity index (χ0n) is 28.9. The molecule has 0 bridgehead atoms. The molecule has 4 N–H and O–H groups in total. The maximum absolute atomic E-state index is 14.1. The molecule has 0 radical (unpaired) electrons. The van der Waals surface area contributed by atoms with E-state index in [1.807, 2.05) is 68.4 Å². The molecule has 1 unspecified atom stereocenters. The van der Waals surface area contributed by atoms with E-state index in [1.54, 1.807) is 13.8 Å². The first-order valence-corrected chi connectivity index (χ1v) is 19.3. The molecule has 1 aliphatic rings. The number of aromatic nitrogens is 1. The number of anilines is 1. The lowest BCUT2D eigenvalue weighted by Gasteiger charge is -2.34. The molecule has 4 aromatic rings. The molecule has 51 heavy (non-hydrogen) atoms. The van der Waals surface area contributed by atoms with E-state index in [-0.39, 0.29) is 54.1 Å². The van der Waals surface area contributed by atoms with Gasteiger partial charge in [0.15, 0.2) is 0 Å². The van der Waals surface area contributed by atoms with Gasteiger partial charge in [0.1, 0.15) is 17.6 Å². The van der Waals surface area contributed by atoms with Crippen molar-refractivity contribution in [1.82, 2.24) is 24.4 Å². The van der Waals surface area contributed by atoms with Gasteiger partial charge in [-0.15, -0.1) is 11.3 Å². The Morgan fingerprint density at radius 2 is 1.73 bits per heavy atom. The first-order valence-electron chi connectivity index (χ1n) is 16.7. The number of nitrogens with two attached hydrogens (primary N) is 1. The number of nitrogen functional groups attached to an aromatic ring is 1. The Balaban J connectivity index is 1.38. The number of halogens is 1. The molecular formula is C36H43ClN6O6S2. The largest absolute Gasteiger partial charge is 0.397 e. The summed E-state index contributed by atoms with van der Waals surface area (Å²) in [7, 11) is -4.14. The van der Waals surface area contributed by atoms with Crippen LogP contribution >= 0.6 is 22.9 Å². The maximum atomic E-state index is 14.1. The summed E-state index contributed by atoms with van der Waals surface area (Å²) in [5, 5.41) is 15.5. The van der Waals surface area contributed by atoms with E-state index < -0.39 is 52.0 Å². The molecule has 2 heterocycles. The summed E-state index contributed by atoms with van der Waals surface area (Å²) >= 11 is 7.45. The number of sulfonamides is 1. The van der Waals surface area contributed by atoms with Crippen LogP contribution in [0.1, 0.15) is 38.3 Å². The highest BCUT2D eigenvalue weighted by molar-refractivity contribution is 7.89. The number of nitrogens with one attached hydrogen (secondary N) is 1. The predicted molar refractivity (Wildman–Crippen MR) is 198 cm³/mol. The van der Waals surface area contributed by atoms with Crippen LogP contribution in [0.3, 0.4) is 0 Å². The first-order chi connectivity index (χ1) is 24.1. The number of rotatable bonds is 15. The highest BCUT2D eigenvalue weighted by Gasteiger charge is 2.44. The normalized spacial score (nSPS) is 15.7.